The zero-order valence-electron chi connectivity index (χ0n) is 12.9. The maximum Gasteiger partial charge on any atom is 0.137 e. The average molecular weight is 267 g/mol. The summed E-state index contributed by atoms with van der Waals surface area (Å²) in [6.07, 6.45) is 2.98. The molecule has 0 spiro atoms. The van der Waals surface area contributed by atoms with Crippen LogP contribution in [0.4, 0.5) is 0 Å². The third-order valence-corrected chi connectivity index (χ3v) is 4.73. The van der Waals surface area contributed by atoms with Crippen LogP contribution in [0.3, 0.4) is 0 Å². The van der Waals surface area contributed by atoms with E-state index in [2.05, 4.69) is 32.6 Å². The first-order valence-corrected chi connectivity index (χ1v) is 7.76. The molecule has 110 valence electrons. The molecule has 0 amide bonds. The third-order valence-electron chi connectivity index (χ3n) is 4.73. The number of carbonyl (C=O) groups is 1. The largest absolute Gasteiger partial charge is 0.373 e. The van der Waals surface area contributed by atoms with Gasteiger partial charge in [-0.05, 0) is 38.5 Å². The van der Waals surface area contributed by atoms with Gasteiger partial charge in [-0.1, -0.05) is 13.8 Å². The third kappa shape index (κ3) is 4.03. The van der Waals surface area contributed by atoms with Crippen molar-refractivity contribution in [3.05, 3.63) is 0 Å². The molecule has 1 aliphatic carbocycles. The molecule has 2 fully saturated rings. The SMILES string of the molecule is CC(C)C1CCC(=O)C(CN2CCOC(C)(C)C2)C1. The molecule has 0 aromatic carbocycles. The fourth-order valence-electron chi connectivity index (χ4n) is 3.51. The molecule has 1 aliphatic heterocycles. The number of morpholine rings is 1. The summed E-state index contributed by atoms with van der Waals surface area (Å²) >= 11 is 0. The molecule has 3 nitrogen and oxygen atoms in total. The number of ketones is 1. The normalized spacial score (nSPS) is 32.8. The second-order valence-corrected chi connectivity index (χ2v) is 7.28. The van der Waals surface area contributed by atoms with Gasteiger partial charge in [0.15, 0.2) is 0 Å². The number of hydrogen-bond donors (Lipinski definition) is 0. The minimum Gasteiger partial charge on any atom is -0.373 e. The van der Waals surface area contributed by atoms with Gasteiger partial charge >= 0.3 is 0 Å². The lowest BCUT2D eigenvalue weighted by Crippen LogP contribution is -2.50. The molecule has 0 aromatic rings. The van der Waals surface area contributed by atoms with Gasteiger partial charge in [-0.15, -0.1) is 0 Å². The highest BCUT2D eigenvalue weighted by Crippen LogP contribution is 2.32. The molecular weight excluding hydrogens is 238 g/mol. The molecule has 19 heavy (non-hydrogen) atoms. The van der Waals surface area contributed by atoms with Crippen LogP contribution in [-0.4, -0.2) is 42.5 Å². The summed E-state index contributed by atoms with van der Waals surface area (Å²) < 4.78 is 5.74. The van der Waals surface area contributed by atoms with E-state index < -0.39 is 0 Å². The lowest BCUT2D eigenvalue weighted by atomic mass is 9.75. The van der Waals surface area contributed by atoms with Crippen LogP contribution in [0, 0.1) is 17.8 Å². The Labute approximate surface area is 117 Å². The second-order valence-electron chi connectivity index (χ2n) is 7.28. The summed E-state index contributed by atoms with van der Waals surface area (Å²) in [5, 5.41) is 0. The molecule has 1 heterocycles. The Morgan fingerprint density at radius 2 is 2.16 bits per heavy atom. The quantitative estimate of drug-likeness (QED) is 0.787. The van der Waals surface area contributed by atoms with E-state index in [4.69, 9.17) is 4.74 Å². The van der Waals surface area contributed by atoms with Gasteiger partial charge in [0.1, 0.15) is 5.78 Å². The average Bonchev–Trinajstić information content (AvgIpc) is 2.30. The summed E-state index contributed by atoms with van der Waals surface area (Å²) in [7, 11) is 0. The topological polar surface area (TPSA) is 29.5 Å². The highest BCUT2D eigenvalue weighted by Gasteiger charge is 2.34. The maximum atomic E-state index is 12.1. The van der Waals surface area contributed by atoms with Crippen molar-refractivity contribution >= 4 is 5.78 Å². The van der Waals surface area contributed by atoms with Gasteiger partial charge < -0.3 is 4.74 Å². The summed E-state index contributed by atoms with van der Waals surface area (Å²) in [6, 6.07) is 0. The summed E-state index contributed by atoms with van der Waals surface area (Å²) in [5.41, 5.74) is -0.0621. The van der Waals surface area contributed by atoms with Crippen LogP contribution in [0.5, 0.6) is 0 Å². The Balaban J connectivity index is 1.91. The minimum absolute atomic E-state index is 0.0621. The first kappa shape index (κ1) is 15.0. The van der Waals surface area contributed by atoms with E-state index in [1.807, 2.05) is 0 Å². The summed E-state index contributed by atoms with van der Waals surface area (Å²) in [6.45, 7) is 12.5. The predicted molar refractivity (Wildman–Crippen MR) is 77.1 cm³/mol. The Morgan fingerprint density at radius 3 is 2.79 bits per heavy atom. The molecule has 2 atom stereocenters. The number of nitrogens with zero attached hydrogens (tertiary/aromatic N) is 1. The van der Waals surface area contributed by atoms with E-state index in [9.17, 15) is 4.79 Å². The highest BCUT2D eigenvalue weighted by molar-refractivity contribution is 5.82. The van der Waals surface area contributed by atoms with E-state index in [0.717, 1.165) is 51.4 Å². The van der Waals surface area contributed by atoms with Crippen molar-refractivity contribution in [1.29, 1.82) is 0 Å². The lowest BCUT2D eigenvalue weighted by molar-refractivity contribution is -0.129. The van der Waals surface area contributed by atoms with Gasteiger partial charge in [-0.3, -0.25) is 9.69 Å². The van der Waals surface area contributed by atoms with Crippen LogP contribution >= 0.6 is 0 Å². The molecule has 2 unspecified atom stereocenters. The summed E-state index contributed by atoms with van der Waals surface area (Å²) in [4.78, 5) is 14.6. The predicted octanol–water partition coefficient (Wildman–Crippen LogP) is 2.74. The van der Waals surface area contributed by atoms with Crippen LogP contribution in [0.2, 0.25) is 0 Å². The number of rotatable bonds is 3. The number of hydrogen-bond acceptors (Lipinski definition) is 3. The monoisotopic (exact) mass is 267 g/mol. The Bertz CT molecular complexity index is 325. The standard InChI is InChI=1S/C16H29NO2/c1-12(2)13-5-6-15(18)14(9-13)10-17-7-8-19-16(3,4)11-17/h12-14H,5-11H2,1-4H3. The minimum atomic E-state index is -0.0621. The van der Waals surface area contributed by atoms with Crippen LogP contribution in [-0.2, 0) is 9.53 Å². The lowest BCUT2D eigenvalue weighted by Gasteiger charge is -2.41. The Morgan fingerprint density at radius 1 is 1.42 bits per heavy atom. The van der Waals surface area contributed by atoms with Gasteiger partial charge in [-0.25, -0.2) is 0 Å². The van der Waals surface area contributed by atoms with Gasteiger partial charge in [0.2, 0.25) is 0 Å². The van der Waals surface area contributed by atoms with Crippen molar-refractivity contribution in [2.75, 3.05) is 26.2 Å². The van der Waals surface area contributed by atoms with E-state index in [-0.39, 0.29) is 11.5 Å². The van der Waals surface area contributed by atoms with Crippen LogP contribution < -0.4 is 0 Å². The first-order valence-electron chi connectivity index (χ1n) is 7.76. The van der Waals surface area contributed by atoms with Gasteiger partial charge in [0, 0.05) is 32.0 Å². The van der Waals surface area contributed by atoms with Gasteiger partial charge in [-0.2, -0.15) is 0 Å². The molecule has 0 bridgehead atoms. The van der Waals surface area contributed by atoms with Gasteiger partial charge in [0.25, 0.3) is 0 Å². The molecule has 2 rings (SSSR count). The molecule has 2 aliphatic rings. The maximum absolute atomic E-state index is 12.1. The highest BCUT2D eigenvalue weighted by atomic mass is 16.5. The van der Waals surface area contributed by atoms with Crippen molar-refractivity contribution in [3.8, 4) is 0 Å². The molecule has 1 saturated heterocycles. The van der Waals surface area contributed by atoms with Crippen molar-refractivity contribution in [2.45, 2.75) is 52.6 Å². The van der Waals surface area contributed by atoms with Crippen molar-refractivity contribution in [1.82, 2.24) is 4.90 Å². The smallest absolute Gasteiger partial charge is 0.137 e. The molecule has 0 radical (unpaired) electrons. The Kier molecular flexibility index (Phi) is 4.67. The van der Waals surface area contributed by atoms with E-state index in [0.29, 0.717) is 11.7 Å². The van der Waals surface area contributed by atoms with E-state index >= 15 is 0 Å². The number of carbonyl (C=O) groups excluding carboxylic acids is 1. The first-order chi connectivity index (χ1) is 8.87. The molecular formula is C16H29NO2. The van der Waals surface area contributed by atoms with Crippen LogP contribution in [0.1, 0.15) is 47.0 Å². The van der Waals surface area contributed by atoms with E-state index in [1.54, 1.807) is 0 Å². The zero-order chi connectivity index (χ0) is 14.0. The second kappa shape index (κ2) is 5.92. The fraction of sp³-hybridized carbons (Fsp3) is 0.938. The molecule has 1 saturated carbocycles. The summed E-state index contributed by atoms with van der Waals surface area (Å²) in [5.74, 6) is 2.18. The molecule has 0 N–H and O–H groups in total. The van der Waals surface area contributed by atoms with Crippen molar-refractivity contribution < 1.29 is 9.53 Å². The van der Waals surface area contributed by atoms with Crippen LogP contribution in [0.25, 0.3) is 0 Å². The number of Topliss-reactive ketones (excluding diaryl/α,β-unsaturated/α-hetero) is 1. The molecule has 0 aromatic heterocycles. The number of ether oxygens (including phenoxy) is 1. The van der Waals surface area contributed by atoms with Crippen molar-refractivity contribution in [3.63, 3.8) is 0 Å². The Hall–Kier alpha value is -0.410. The van der Waals surface area contributed by atoms with Crippen molar-refractivity contribution in [2.24, 2.45) is 17.8 Å². The van der Waals surface area contributed by atoms with Crippen LogP contribution in [0.15, 0.2) is 0 Å². The van der Waals surface area contributed by atoms with Gasteiger partial charge in [0.05, 0.1) is 12.2 Å². The fourth-order valence-corrected chi connectivity index (χ4v) is 3.51. The zero-order valence-corrected chi connectivity index (χ0v) is 12.9. The molecule has 3 heteroatoms. The van der Waals surface area contributed by atoms with E-state index in [1.165, 1.54) is 0 Å².